The zero-order valence-electron chi connectivity index (χ0n) is 17.6. The van der Waals surface area contributed by atoms with Crippen molar-refractivity contribution in [1.29, 1.82) is 0 Å². The van der Waals surface area contributed by atoms with Crippen LogP contribution in [0.5, 0.6) is 0 Å². The molecule has 0 aliphatic carbocycles. The summed E-state index contributed by atoms with van der Waals surface area (Å²) in [5, 5.41) is 5.52. The number of fused-ring (bicyclic) bond motifs is 1. The van der Waals surface area contributed by atoms with Crippen molar-refractivity contribution in [3.8, 4) is 0 Å². The number of carbonyl (C=O) groups is 4. The third-order valence-corrected chi connectivity index (χ3v) is 5.17. The predicted octanol–water partition coefficient (Wildman–Crippen LogP) is 4.00. The van der Waals surface area contributed by atoms with Gasteiger partial charge in [0.15, 0.2) is 0 Å². The van der Waals surface area contributed by atoms with Gasteiger partial charge in [-0.2, -0.15) is 0 Å². The number of aryl methyl sites for hydroxylation is 1. The van der Waals surface area contributed by atoms with Crippen LogP contribution in [0.1, 0.15) is 49.1 Å². The van der Waals surface area contributed by atoms with Gasteiger partial charge >= 0.3 is 0 Å². The van der Waals surface area contributed by atoms with Crippen molar-refractivity contribution in [2.75, 3.05) is 10.6 Å². The number of hydrogen-bond donors (Lipinski definition) is 2. The van der Waals surface area contributed by atoms with Gasteiger partial charge in [-0.15, -0.1) is 0 Å². The van der Waals surface area contributed by atoms with E-state index in [0.717, 1.165) is 11.1 Å². The minimum absolute atomic E-state index is 0.124. The Bertz CT molecular complexity index is 1210. The first-order valence-electron chi connectivity index (χ1n) is 10.1. The van der Waals surface area contributed by atoms with Crippen molar-refractivity contribution in [1.82, 2.24) is 4.90 Å². The SMILES string of the molecule is CC(=O)Nc1ccc(C)cc1NC(=O)c1ccc(CN2C(=O)c3ccccc3C2=O)cc1. The Morgan fingerprint density at radius 3 is 2.03 bits per heavy atom. The lowest BCUT2D eigenvalue weighted by Gasteiger charge is -2.15. The molecule has 3 aromatic carbocycles. The van der Waals surface area contributed by atoms with E-state index in [0.29, 0.717) is 28.1 Å². The molecular weight excluding hydrogens is 406 g/mol. The zero-order chi connectivity index (χ0) is 22.8. The van der Waals surface area contributed by atoms with Crippen LogP contribution in [0, 0.1) is 6.92 Å². The first kappa shape index (κ1) is 21.0. The van der Waals surface area contributed by atoms with E-state index in [2.05, 4.69) is 10.6 Å². The number of imide groups is 1. The maximum Gasteiger partial charge on any atom is 0.261 e. The van der Waals surface area contributed by atoms with E-state index < -0.39 is 0 Å². The smallest absolute Gasteiger partial charge is 0.261 e. The number of benzene rings is 3. The molecule has 0 atom stereocenters. The molecular formula is C25H21N3O4. The highest BCUT2D eigenvalue weighted by atomic mass is 16.2. The fraction of sp³-hybridized carbons (Fsp3) is 0.120. The van der Waals surface area contributed by atoms with Crippen molar-refractivity contribution >= 4 is 35.0 Å². The standard InChI is InChI=1S/C25H21N3O4/c1-15-7-12-21(26-16(2)29)22(13-15)27-23(30)18-10-8-17(9-11-18)14-28-24(31)19-5-3-4-6-20(19)25(28)32/h3-13H,14H2,1-2H3,(H,26,29)(H,27,30). The van der Waals surface area contributed by atoms with E-state index in [4.69, 9.17) is 0 Å². The predicted molar refractivity (Wildman–Crippen MR) is 121 cm³/mol. The molecule has 0 bridgehead atoms. The topological polar surface area (TPSA) is 95.6 Å². The first-order valence-corrected chi connectivity index (χ1v) is 10.1. The van der Waals surface area contributed by atoms with Gasteiger partial charge in [-0.1, -0.05) is 30.3 Å². The Balaban J connectivity index is 1.47. The molecule has 1 aliphatic heterocycles. The Labute approximate surface area is 185 Å². The summed E-state index contributed by atoms with van der Waals surface area (Å²) >= 11 is 0. The number of hydrogen-bond acceptors (Lipinski definition) is 4. The molecule has 0 fully saturated rings. The van der Waals surface area contributed by atoms with Crippen LogP contribution in [0.25, 0.3) is 0 Å². The lowest BCUT2D eigenvalue weighted by Crippen LogP contribution is -2.29. The van der Waals surface area contributed by atoms with Crippen LogP contribution in [0.2, 0.25) is 0 Å². The van der Waals surface area contributed by atoms with Gasteiger partial charge in [-0.3, -0.25) is 24.1 Å². The van der Waals surface area contributed by atoms with Crippen LogP contribution >= 0.6 is 0 Å². The summed E-state index contributed by atoms with van der Waals surface area (Å²) in [5.74, 6) is -1.22. The highest BCUT2D eigenvalue weighted by Gasteiger charge is 2.34. The van der Waals surface area contributed by atoms with Gasteiger partial charge in [-0.25, -0.2) is 0 Å². The zero-order valence-corrected chi connectivity index (χ0v) is 17.6. The van der Waals surface area contributed by atoms with Gasteiger partial charge in [0, 0.05) is 12.5 Å². The maximum atomic E-state index is 12.7. The second-order valence-electron chi connectivity index (χ2n) is 7.62. The Morgan fingerprint density at radius 2 is 1.44 bits per heavy atom. The van der Waals surface area contributed by atoms with Crippen LogP contribution in [0.15, 0.2) is 66.7 Å². The molecule has 0 radical (unpaired) electrons. The van der Waals surface area contributed by atoms with Crippen LogP contribution in [0.4, 0.5) is 11.4 Å². The number of anilines is 2. The molecule has 1 heterocycles. The first-order chi connectivity index (χ1) is 15.3. The molecule has 2 N–H and O–H groups in total. The van der Waals surface area contributed by atoms with Gasteiger partial charge in [0.25, 0.3) is 17.7 Å². The van der Waals surface area contributed by atoms with Crippen molar-refractivity contribution in [3.63, 3.8) is 0 Å². The average Bonchev–Trinajstić information content (AvgIpc) is 3.01. The minimum Gasteiger partial charge on any atom is -0.325 e. The second-order valence-corrected chi connectivity index (χ2v) is 7.62. The lowest BCUT2D eigenvalue weighted by atomic mass is 10.1. The summed E-state index contributed by atoms with van der Waals surface area (Å²) in [5.41, 5.74) is 3.89. The third-order valence-electron chi connectivity index (χ3n) is 5.17. The molecule has 160 valence electrons. The summed E-state index contributed by atoms with van der Waals surface area (Å²) in [6, 6.07) is 18.8. The number of carbonyl (C=O) groups excluding carboxylic acids is 4. The highest BCUT2D eigenvalue weighted by molar-refractivity contribution is 6.21. The lowest BCUT2D eigenvalue weighted by molar-refractivity contribution is -0.114. The van der Waals surface area contributed by atoms with Gasteiger partial charge in [0.05, 0.1) is 29.0 Å². The second kappa shape index (κ2) is 8.47. The van der Waals surface area contributed by atoms with Crippen molar-refractivity contribution in [2.45, 2.75) is 20.4 Å². The fourth-order valence-corrected chi connectivity index (χ4v) is 3.58. The molecule has 7 heteroatoms. The number of nitrogens with one attached hydrogen (secondary N) is 2. The molecule has 0 aromatic heterocycles. The van der Waals surface area contributed by atoms with Crippen LogP contribution < -0.4 is 10.6 Å². The van der Waals surface area contributed by atoms with E-state index in [-0.39, 0.29) is 30.2 Å². The molecule has 32 heavy (non-hydrogen) atoms. The number of nitrogens with zero attached hydrogens (tertiary/aromatic N) is 1. The molecule has 0 spiro atoms. The van der Waals surface area contributed by atoms with E-state index >= 15 is 0 Å². The summed E-state index contributed by atoms with van der Waals surface area (Å²) in [7, 11) is 0. The molecule has 0 saturated heterocycles. The van der Waals surface area contributed by atoms with Gasteiger partial charge in [0.2, 0.25) is 5.91 Å². The summed E-state index contributed by atoms with van der Waals surface area (Å²) in [6.45, 7) is 3.42. The van der Waals surface area contributed by atoms with Crippen molar-refractivity contribution in [2.24, 2.45) is 0 Å². The van der Waals surface area contributed by atoms with E-state index in [1.54, 1.807) is 60.7 Å². The summed E-state index contributed by atoms with van der Waals surface area (Å²) < 4.78 is 0. The summed E-state index contributed by atoms with van der Waals surface area (Å²) in [6.07, 6.45) is 0. The Hall–Kier alpha value is -4.26. The molecule has 3 aromatic rings. The maximum absolute atomic E-state index is 12.7. The third kappa shape index (κ3) is 4.13. The van der Waals surface area contributed by atoms with E-state index in [1.165, 1.54) is 11.8 Å². The van der Waals surface area contributed by atoms with Crippen LogP contribution in [-0.4, -0.2) is 28.5 Å². The molecule has 7 nitrogen and oxygen atoms in total. The fourth-order valence-electron chi connectivity index (χ4n) is 3.58. The largest absolute Gasteiger partial charge is 0.325 e. The van der Waals surface area contributed by atoms with Gasteiger partial charge < -0.3 is 10.6 Å². The minimum atomic E-state index is -0.338. The Morgan fingerprint density at radius 1 is 0.812 bits per heavy atom. The van der Waals surface area contributed by atoms with E-state index in [9.17, 15) is 19.2 Å². The molecule has 4 amide bonds. The Kier molecular flexibility index (Phi) is 5.55. The van der Waals surface area contributed by atoms with Crippen LogP contribution in [-0.2, 0) is 11.3 Å². The summed E-state index contributed by atoms with van der Waals surface area (Å²) in [4.78, 5) is 50.4. The van der Waals surface area contributed by atoms with Gasteiger partial charge in [0.1, 0.15) is 0 Å². The van der Waals surface area contributed by atoms with Crippen LogP contribution in [0.3, 0.4) is 0 Å². The van der Waals surface area contributed by atoms with E-state index in [1.807, 2.05) is 13.0 Å². The van der Waals surface area contributed by atoms with Crippen molar-refractivity contribution in [3.05, 3.63) is 94.5 Å². The van der Waals surface area contributed by atoms with Gasteiger partial charge in [-0.05, 0) is 54.4 Å². The normalized spacial score (nSPS) is 12.5. The highest BCUT2D eigenvalue weighted by Crippen LogP contribution is 2.26. The number of rotatable bonds is 5. The monoisotopic (exact) mass is 427 g/mol. The van der Waals surface area contributed by atoms with Crippen molar-refractivity contribution < 1.29 is 19.2 Å². The molecule has 0 saturated carbocycles. The number of amides is 4. The molecule has 1 aliphatic rings. The molecule has 0 unspecified atom stereocenters. The quantitative estimate of drug-likeness (QED) is 0.602. The average molecular weight is 427 g/mol. The molecule has 4 rings (SSSR count).